The topological polar surface area (TPSA) is 106 Å². The molecule has 0 radical (unpaired) electrons. The first-order valence-electron chi connectivity index (χ1n) is 10.4. The molecule has 8 nitrogen and oxygen atoms in total. The minimum Gasteiger partial charge on any atom is -0.493 e. The number of anilines is 1. The van der Waals surface area contributed by atoms with Gasteiger partial charge in [-0.3, -0.25) is 10.1 Å². The maximum atomic E-state index is 12.5. The zero-order valence-corrected chi connectivity index (χ0v) is 21.9. The number of methoxy groups -OCH3 is 1. The molecule has 0 saturated heterocycles. The number of ether oxygens (including phenoxy) is 3. The van der Waals surface area contributed by atoms with E-state index in [1.807, 2.05) is 50.2 Å². The van der Waals surface area contributed by atoms with Crippen molar-refractivity contribution in [2.75, 3.05) is 25.6 Å². The SMILES string of the molecule is CCc1nnc(NC(=O)/C(C#N)=C\c2cc(I)c(OCCOc3ccccc3C)c(OC)c2)s1. The van der Waals surface area contributed by atoms with Crippen LogP contribution in [-0.2, 0) is 11.2 Å². The Kier molecular flexibility index (Phi) is 9.24. The first-order chi connectivity index (χ1) is 16.4. The van der Waals surface area contributed by atoms with Crippen LogP contribution >= 0.6 is 33.9 Å². The molecule has 0 atom stereocenters. The van der Waals surface area contributed by atoms with Crippen LogP contribution in [0.15, 0.2) is 42.0 Å². The van der Waals surface area contributed by atoms with E-state index in [2.05, 4.69) is 38.1 Å². The van der Waals surface area contributed by atoms with E-state index in [1.54, 1.807) is 6.07 Å². The highest BCUT2D eigenvalue weighted by Gasteiger charge is 2.15. The monoisotopic (exact) mass is 590 g/mol. The maximum absolute atomic E-state index is 12.5. The van der Waals surface area contributed by atoms with Crippen molar-refractivity contribution in [2.24, 2.45) is 0 Å². The van der Waals surface area contributed by atoms with Crippen LogP contribution < -0.4 is 19.5 Å². The lowest BCUT2D eigenvalue weighted by atomic mass is 10.1. The maximum Gasteiger partial charge on any atom is 0.268 e. The Hall–Kier alpha value is -3.17. The molecule has 0 aliphatic carbocycles. The van der Waals surface area contributed by atoms with Crippen molar-refractivity contribution in [1.82, 2.24) is 10.2 Å². The Morgan fingerprint density at radius 2 is 1.97 bits per heavy atom. The van der Waals surface area contributed by atoms with Gasteiger partial charge in [-0.25, -0.2) is 0 Å². The molecular formula is C24H23IN4O4S. The number of hydrogen-bond donors (Lipinski definition) is 1. The molecule has 176 valence electrons. The van der Waals surface area contributed by atoms with Gasteiger partial charge in [-0.15, -0.1) is 10.2 Å². The minimum absolute atomic E-state index is 0.0635. The first-order valence-corrected chi connectivity index (χ1v) is 12.3. The van der Waals surface area contributed by atoms with Crippen molar-refractivity contribution in [3.05, 3.63) is 61.7 Å². The summed E-state index contributed by atoms with van der Waals surface area (Å²) in [4.78, 5) is 12.5. The summed E-state index contributed by atoms with van der Waals surface area (Å²) in [5, 5.41) is 21.2. The first kappa shape index (κ1) is 25.5. The number of aromatic nitrogens is 2. The summed E-state index contributed by atoms with van der Waals surface area (Å²) < 4.78 is 17.9. The molecule has 0 saturated carbocycles. The number of carbonyl (C=O) groups excluding carboxylic acids is 1. The third-order valence-corrected chi connectivity index (χ3v) is 6.38. The van der Waals surface area contributed by atoms with Gasteiger partial charge in [0.25, 0.3) is 5.91 Å². The predicted molar refractivity (Wildman–Crippen MR) is 139 cm³/mol. The zero-order chi connectivity index (χ0) is 24.5. The molecule has 1 aromatic heterocycles. The van der Waals surface area contributed by atoms with Crippen LogP contribution in [0, 0.1) is 21.8 Å². The van der Waals surface area contributed by atoms with E-state index in [-0.39, 0.29) is 5.57 Å². The number of rotatable bonds is 10. The minimum atomic E-state index is -0.552. The molecule has 34 heavy (non-hydrogen) atoms. The van der Waals surface area contributed by atoms with Crippen LogP contribution in [0.2, 0.25) is 0 Å². The van der Waals surface area contributed by atoms with E-state index in [0.29, 0.717) is 35.4 Å². The van der Waals surface area contributed by atoms with E-state index in [0.717, 1.165) is 26.3 Å². The van der Waals surface area contributed by atoms with Crippen molar-refractivity contribution in [3.63, 3.8) is 0 Å². The van der Waals surface area contributed by atoms with Gasteiger partial charge < -0.3 is 14.2 Å². The molecule has 1 N–H and O–H groups in total. The standard InChI is InChI=1S/C24H23IN4O4S/c1-4-21-28-29-24(34-21)27-23(30)17(14-26)11-16-12-18(25)22(20(13-16)31-3)33-10-9-32-19-8-6-5-7-15(19)2/h5-8,11-13H,4,9-10H2,1-3H3,(H,27,29,30)/b17-11-. The summed E-state index contributed by atoms with van der Waals surface area (Å²) in [5.74, 6) is 1.32. The Labute approximate surface area is 215 Å². The molecule has 3 aromatic rings. The van der Waals surface area contributed by atoms with Gasteiger partial charge in [-0.05, 0) is 71.3 Å². The fourth-order valence-corrected chi connectivity index (χ4v) is 4.36. The fraction of sp³-hybridized carbons (Fsp3) is 0.250. The van der Waals surface area contributed by atoms with Crippen LogP contribution in [-0.4, -0.2) is 36.4 Å². The van der Waals surface area contributed by atoms with Gasteiger partial charge in [0.15, 0.2) is 11.5 Å². The number of nitriles is 1. The highest BCUT2D eigenvalue weighted by atomic mass is 127. The van der Waals surface area contributed by atoms with E-state index in [4.69, 9.17) is 14.2 Å². The molecule has 0 spiro atoms. The largest absolute Gasteiger partial charge is 0.493 e. The molecule has 1 amide bonds. The van der Waals surface area contributed by atoms with Crippen molar-refractivity contribution >= 4 is 51.0 Å². The van der Waals surface area contributed by atoms with Gasteiger partial charge in [-0.2, -0.15) is 5.26 Å². The highest BCUT2D eigenvalue weighted by Crippen LogP contribution is 2.34. The number of benzene rings is 2. The summed E-state index contributed by atoms with van der Waals surface area (Å²) in [6, 6.07) is 13.2. The smallest absolute Gasteiger partial charge is 0.268 e. The Morgan fingerprint density at radius 3 is 2.65 bits per heavy atom. The van der Waals surface area contributed by atoms with Crippen molar-refractivity contribution in [3.8, 4) is 23.3 Å². The molecular weight excluding hydrogens is 567 g/mol. The van der Waals surface area contributed by atoms with Crippen molar-refractivity contribution in [2.45, 2.75) is 20.3 Å². The van der Waals surface area contributed by atoms with Crippen LogP contribution in [0.1, 0.15) is 23.1 Å². The number of amides is 1. The number of nitrogens with one attached hydrogen (secondary N) is 1. The number of para-hydroxylation sites is 1. The lowest BCUT2D eigenvalue weighted by Gasteiger charge is -2.14. The molecule has 3 rings (SSSR count). The predicted octanol–water partition coefficient (Wildman–Crippen LogP) is 5.03. The second-order valence-electron chi connectivity index (χ2n) is 6.97. The number of halogens is 1. The fourth-order valence-electron chi connectivity index (χ4n) is 2.90. The molecule has 2 aromatic carbocycles. The number of carbonyl (C=O) groups is 1. The van der Waals surface area contributed by atoms with Gasteiger partial charge in [0, 0.05) is 0 Å². The summed E-state index contributed by atoms with van der Waals surface area (Å²) in [6.07, 6.45) is 2.21. The van der Waals surface area contributed by atoms with Crippen LogP contribution in [0.5, 0.6) is 17.2 Å². The molecule has 1 heterocycles. The lowest BCUT2D eigenvalue weighted by Crippen LogP contribution is -2.13. The second-order valence-corrected chi connectivity index (χ2v) is 9.20. The number of aryl methyl sites for hydroxylation is 2. The van der Waals surface area contributed by atoms with E-state index >= 15 is 0 Å². The molecule has 10 heteroatoms. The van der Waals surface area contributed by atoms with Crippen LogP contribution in [0.3, 0.4) is 0 Å². The van der Waals surface area contributed by atoms with Crippen LogP contribution in [0.4, 0.5) is 5.13 Å². The highest BCUT2D eigenvalue weighted by molar-refractivity contribution is 14.1. The Bertz CT molecular complexity index is 1240. The average Bonchev–Trinajstić information content (AvgIpc) is 3.29. The summed E-state index contributed by atoms with van der Waals surface area (Å²) >= 11 is 3.41. The van der Waals surface area contributed by atoms with Gasteiger partial charge in [0.2, 0.25) is 5.13 Å². The molecule has 0 aliphatic heterocycles. The summed E-state index contributed by atoms with van der Waals surface area (Å²) in [6.45, 7) is 4.63. The van der Waals surface area contributed by atoms with E-state index < -0.39 is 5.91 Å². The second kappa shape index (κ2) is 12.3. The summed E-state index contributed by atoms with van der Waals surface area (Å²) in [7, 11) is 1.54. The lowest BCUT2D eigenvalue weighted by molar-refractivity contribution is -0.112. The molecule has 0 fully saturated rings. The van der Waals surface area contributed by atoms with Gasteiger partial charge in [-0.1, -0.05) is 36.5 Å². The number of hydrogen-bond acceptors (Lipinski definition) is 8. The van der Waals surface area contributed by atoms with E-state index in [9.17, 15) is 10.1 Å². The van der Waals surface area contributed by atoms with Crippen molar-refractivity contribution < 1.29 is 19.0 Å². The average molecular weight is 590 g/mol. The quantitative estimate of drug-likeness (QED) is 0.153. The normalized spacial score (nSPS) is 11.0. The molecule has 0 unspecified atom stereocenters. The zero-order valence-electron chi connectivity index (χ0n) is 18.9. The van der Waals surface area contributed by atoms with Gasteiger partial charge in [0.1, 0.15) is 35.6 Å². The molecule has 0 bridgehead atoms. The van der Waals surface area contributed by atoms with Gasteiger partial charge in [0.05, 0.1) is 10.7 Å². The number of nitrogens with zero attached hydrogens (tertiary/aromatic N) is 3. The molecule has 0 aliphatic rings. The van der Waals surface area contributed by atoms with Crippen molar-refractivity contribution in [1.29, 1.82) is 5.26 Å². The summed E-state index contributed by atoms with van der Waals surface area (Å²) in [5.41, 5.74) is 1.62. The third kappa shape index (κ3) is 6.68. The van der Waals surface area contributed by atoms with Crippen LogP contribution in [0.25, 0.3) is 6.08 Å². The van der Waals surface area contributed by atoms with E-state index in [1.165, 1.54) is 24.5 Å². The third-order valence-electron chi connectivity index (χ3n) is 4.60. The Morgan fingerprint density at radius 1 is 1.21 bits per heavy atom. The Balaban J connectivity index is 1.69. The van der Waals surface area contributed by atoms with Gasteiger partial charge >= 0.3 is 0 Å².